The van der Waals surface area contributed by atoms with E-state index in [-0.39, 0.29) is 17.8 Å². The van der Waals surface area contributed by atoms with Gasteiger partial charge in [0.1, 0.15) is 5.82 Å². The van der Waals surface area contributed by atoms with Gasteiger partial charge in [-0.3, -0.25) is 0 Å². The average molecular weight is 209 g/mol. The van der Waals surface area contributed by atoms with Crippen LogP contribution in [0.5, 0.6) is 0 Å². The van der Waals surface area contributed by atoms with Crippen LogP contribution in [0.1, 0.15) is 38.8 Å². The Morgan fingerprint density at radius 1 is 1.33 bits per heavy atom. The lowest BCUT2D eigenvalue weighted by molar-refractivity contribution is 0.314. The predicted molar refractivity (Wildman–Crippen MR) is 60.2 cm³/mol. The minimum Gasteiger partial charge on any atom is -0.395 e. The highest BCUT2D eigenvalue weighted by atomic mass is 19.1. The summed E-state index contributed by atoms with van der Waals surface area (Å²) in [4.78, 5) is 0. The van der Waals surface area contributed by atoms with Crippen LogP contribution in [0.4, 0.5) is 4.39 Å². The molecule has 0 saturated heterocycles. The molecule has 83 valence electrons. The summed E-state index contributed by atoms with van der Waals surface area (Å²) in [6.07, 6.45) is 0. The van der Waals surface area contributed by atoms with Crippen molar-refractivity contribution in [2.45, 2.75) is 33.1 Å². The predicted octanol–water partition coefficient (Wildman–Crippen LogP) is 3.06. The third kappa shape index (κ3) is 2.78. The molecule has 1 N–H and O–H groups in total. The molecule has 0 bridgehead atoms. The largest absolute Gasteiger partial charge is 0.395 e. The molecular formula is C13H18FO. The van der Waals surface area contributed by atoms with Gasteiger partial charge in [-0.05, 0) is 28.7 Å². The first-order valence-corrected chi connectivity index (χ1v) is 5.10. The van der Waals surface area contributed by atoms with Crippen molar-refractivity contribution in [1.82, 2.24) is 0 Å². The molecule has 0 unspecified atom stereocenters. The van der Waals surface area contributed by atoms with Crippen LogP contribution < -0.4 is 0 Å². The number of aliphatic hydroxyl groups excluding tert-OH is 1. The Morgan fingerprint density at radius 2 is 1.93 bits per heavy atom. The van der Waals surface area contributed by atoms with Crippen LogP contribution >= 0.6 is 0 Å². The number of benzene rings is 1. The Morgan fingerprint density at radius 3 is 2.40 bits per heavy atom. The summed E-state index contributed by atoms with van der Waals surface area (Å²) in [7, 11) is 0. The van der Waals surface area contributed by atoms with Crippen LogP contribution in [0.15, 0.2) is 18.2 Å². The topological polar surface area (TPSA) is 20.2 Å². The molecule has 0 atom stereocenters. The smallest absolute Gasteiger partial charge is 0.123 e. The molecule has 1 rings (SSSR count). The number of aliphatic hydroxyl groups is 1. The first-order valence-electron chi connectivity index (χ1n) is 5.10. The van der Waals surface area contributed by atoms with E-state index in [2.05, 4.69) is 20.8 Å². The molecule has 15 heavy (non-hydrogen) atoms. The first kappa shape index (κ1) is 12.2. The van der Waals surface area contributed by atoms with Gasteiger partial charge in [-0.2, -0.15) is 0 Å². The summed E-state index contributed by atoms with van der Waals surface area (Å²) in [6.45, 7) is 8.02. The van der Waals surface area contributed by atoms with E-state index in [4.69, 9.17) is 5.11 Å². The fourth-order valence-corrected chi connectivity index (χ4v) is 1.61. The molecule has 1 aromatic rings. The van der Waals surface area contributed by atoms with Gasteiger partial charge in [0, 0.05) is 5.92 Å². The molecule has 1 aromatic carbocycles. The van der Waals surface area contributed by atoms with Crippen LogP contribution in [0.2, 0.25) is 0 Å². The molecular weight excluding hydrogens is 191 g/mol. The average Bonchev–Trinajstić information content (AvgIpc) is 2.14. The van der Waals surface area contributed by atoms with E-state index in [0.717, 1.165) is 17.0 Å². The SMILES string of the molecule is C[C](CO)c1cc(F)ccc1C(C)(C)C. The molecule has 0 heterocycles. The Kier molecular flexibility index (Phi) is 3.50. The molecule has 0 fully saturated rings. The van der Waals surface area contributed by atoms with Crippen molar-refractivity contribution in [2.24, 2.45) is 0 Å². The Balaban J connectivity index is 3.27. The maximum absolute atomic E-state index is 13.1. The van der Waals surface area contributed by atoms with Gasteiger partial charge >= 0.3 is 0 Å². The minimum atomic E-state index is -0.259. The molecule has 0 aromatic heterocycles. The minimum absolute atomic E-state index is 0.0352. The van der Waals surface area contributed by atoms with Gasteiger partial charge in [-0.25, -0.2) is 4.39 Å². The van der Waals surface area contributed by atoms with E-state index in [1.54, 1.807) is 6.07 Å². The van der Waals surface area contributed by atoms with Crippen LogP contribution in [-0.4, -0.2) is 11.7 Å². The second-order valence-corrected chi connectivity index (χ2v) is 4.88. The molecule has 0 aliphatic carbocycles. The third-order valence-electron chi connectivity index (χ3n) is 2.49. The Labute approximate surface area is 90.9 Å². The lowest BCUT2D eigenvalue weighted by Crippen LogP contribution is -2.17. The number of halogens is 1. The van der Waals surface area contributed by atoms with Gasteiger partial charge in [0.25, 0.3) is 0 Å². The zero-order chi connectivity index (χ0) is 11.6. The standard InChI is InChI=1S/C13H18FO/c1-9(8-15)11-7-10(14)5-6-12(11)13(2,3)4/h5-7,15H,8H2,1-4H3. The lowest BCUT2D eigenvalue weighted by Gasteiger charge is -2.25. The summed E-state index contributed by atoms with van der Waals surface area (Å²) in [5.41, 5.74) is 1.85. The highest BCUT2D eigenvalue weighted by molar-refractivity contribution is 5.42. The second-order valence-electron chi connectivity index (χ2n) is 4.88. The summed E-state index contributed by atoms with van der Waals surface area (Å²) in [5.74, 6) is 0.547. The van der Waals surface area contributed by atoms with Gasteiger partial charge in [-0.15, -0.1) is 0 Å². The third-order valence-corrected chi connectivity index (χ3v) is 2.49. The van der Waals surface area contributed by atoms with E-state index in [0.29, 0.717) is 0 Å². The van der Waals surface area contributed by atoms with Gasteiger partial charge in [0.15, 0.2) is 0 Å². The number of hydrogen-bond acceptors (Lipinski definition) is 1. The zero-order valence-corrected chi connectivity index (χ0v) is 9.76. The van der Waals surface area contributed by atoms with E-state index in [9.17, 15) is 4.39 Å². The normalized spacial score (nSPS) is 12.2. The van der Waals surface area contributed by atoms with E-state index in [1.807, 2.05) is 6.92 Å². The maximum atomic E-state index is 13.1. The number of hydrogen-bond donors (Lipinski definition) is 1. The molecule has 0 spiro atoms. The zero-order valence-electron chi connectivity index (χ0n) is 9.76. The van der Waals surface area contributed by atoms with Crippen molar-refractivity contribution in [3.8, 4) is 0 Å². The highest BCUT2D eigenvalue weighted by Gasteiger charge is 2.21. The highest BCUT2D eigenvalue weighted by Crippen LogP contribution is 2.30. The number of rotatable bonds is 2. The van der Waals surface area contributed by atoms with Crippen LogP contribution in [0.3, 0.4) is 0 Å². The van der Waals surface area contributed by atoms with E-state index >= 15 is 0 Å². The van der Waals surface area contributed by atoms with Crippen LogP contribution in [-0.2, 0) is 5.41 Å². The fraction of sp³-hybridized carbons (Fsp3) is 0.462. The molecule has 2 heteroatoms. The van der Waals surface area contributed by atoms with Gasteiger partial charge in [0.2, 0.25) is 0 Å². The lowest BCUT2D eigenvalue weighted by atomic mass is 9.80. The van der Waals surface area contributed by atoms with Gasteiger partial charge < -0.3 is 5.11 Å². The Hall–Kier alpha value is -0.890. The first-order chi connectivity index (χ1) is 6.86. The maximum Gasteiger partial charge on any atom is 0.123 e. The van der Waals surface area contributed by atoms with Crippen molar-refractivity contribution in [3.05, 3.63) is 41.1 Å². The summed E-state index contributed by atoms with van der Waals surface area (Å²) in [5, 5.41) is 9.11. The summed E-state index contributed by atoms with van der Waals surface area (Å²) < 4.78 is 13.1. The van der Waals surface area contributed by atoms with Crippen LogP contribution in [0, 0.1) is 11.7 Å². The second kappa shape index (κ2) is 4.31. The summed E-state index contributed by atoms with van der Waals surface area (Å²) in [6, 6.07) is 4.75. The van der Waals surface area contributed by atoms with Gasteiger partial charge in [0.05, 0.1) is 6.61 Å². The van der Waals surface area contributed by atoms with Crippen LogP contribution in [0.25, 0.3) is 0 Å². The van der Waals surface area contributed by atoms with Crippen molar-refractivity contribution in [2.75, 3.05) is 6.61 Å². The van der Waals surface area contributed by atoms with E-state index in [1.165, 1.54) is 12.1 Å². The molecule has 1 nitrogen and oxygen atoms in total. The van der Waals surface area contributed by atoms with E-state index < -0.39 is 0 Å². The quantitative estimate of drug-likeness (QED) is 0.793. The van der Waals surface area contributed by atoms with Crippen molar-refractivity contribution < 1.29 is 9.50 Å². The van der Waals surface area contributed by atoms with Gasteiger partial charge in [-0.1, -0.05) is 33.8 Å². The van der Waals surface area contributed by atoms with Crippen molar-refractivity contribution in [1.29, 1.82) is 0 Å². The molecule has 0 amide bonds. The summed E-state index contributed by atoms with van der Waals surface area (Å²) >= 11 is 0. The molecule has 0 aliphatic rings. The van der Waals surface area contributed by atoms with Crippen molar-refractivity contribution in [3.63, 3.8) is 0 Å². The fourth-order valence-electron chi connectivity index (χ4n) is 1.61. The monoisotopic (exact) mass is 209 g/mol. The molecule has 0 saturated carbocycles. The molecule has 0 aliphatic heterocycles. The molecule has 1 radical (unpaired) electrons. The Bertz CT molecular complexity index is 339. The van der Waals surface area contributed by atoms with Crippen molar-refractivity contribution >= 4 is 0 Å².